The van der Waals surface area contributed by atoms with E-state index in [0.717, 1.165) is 41.4 Å². The molecule has 0 unspecified atom stereocenters. The van der Waals surface area contributed by atoms with E-state index in [1.54, 1.807) is 13.3 Å². The van der Waals surface area contributed by atoms with Crippen LogP contribution in [0.4, 0.5) is 0 Å². The minimum Gasteiger partial charge on any atom is -0.493 e. The summed E-state index contributed by atoms with van der Waals surface area (Å²) in [7, 11) is 1.60. The average Bonchev–Trinajstić information content (AvgIpc) is 3.62. The zero-order valence-electron chi connectivity index (χ0n) is 17.2. The summed E-state index contributed by atoms with van der Waals surface area (Å²) < 4.78 is 11.1. The Bertz CT molecular complexity index is 1090. The largest absolute Gasteiger partial charge is 0.493 e. The van der Waals surface area contributed by atoms with Crippen molar-refractivity contribution in [3.8, 4) is 11.5 Å². The smallest absolute Gasteiger partial charge is 0.272 e. The fourth-order valence-electron chi connectivity index (χ4n) is 3.29. The van der Waals surface area contributed by atoms with Crippen LogP contribution in [0.5, 0.6) is 11.5 Å². The van der Waals surface area contributed by atoms with E-state index in [1.165, 1.54) is 0 Å². The highest BCUT2D eigenvalue weighted by Gasteiger charge is 2.26. The number of methoxy groups -OCH3 is 1. The van der Waals surface area contributed by atoms with Gasteiger partial charge in [0.2, 0.25) is 0 Å². The number of carbonyl (C=O) groups is 1. The quantitative estimate of drug-likeness (QED) is 0.438. The number of benzene rings is 2. The van der Waals surface area contributed by atoms with E-state index in [9.17, 15) is 4.79 Å². The van der Waals surface area contributed by atoms with Gasteiger partial charge >= 0.3 is 0 Å². The molecule has 6 heteroatoms. The number of nitrogens with zero attached hydrogens (tertiary/aromatic N) is 2. The van der Waals surface area contributed by atoms with Gasteiger partial charge in [-0.15, -0.1) is 0 Å². The van der Waals surface area contributed by atoms with Gasteiger partial charge in [0.15, 0.2) is 11.5 Å². The highest BCUT2D eigenvalue weighted by Crippen LogP contribution is 2.40. The molecule has 30 heavy (non-hydrogen) atoms. The zero-order valence-corrected chi connectivity index (χ0v) is 17.2. The van der Waals surface area contributed by atoms with Crippen LogP contribution >= 0.6 is 0 Å². The summed E-state index contributed by atoms with van der Waals surface area (Å²) in [5.41, 5.74) is 5.86. The number of ether oxygens (including phenoxy) is 2. The fraction of sp³-hybridized carbons (Fsp3) is 0.292. The number of pyridine rings is 1. The Hall–Kier alpha value is -3.41. The number of carbonyl (C=O) groups excluding carboxylic acids is 1. The third-order valence-corrected chi connectivity index (χ3v) is 5.01. The van der Waals surface area contributed by atoms with Gasteiger partial charge in [-0.25, -0.2) is 5.43 Å². The van der Waals surface area contributed by atoms with Crippen LogP contribution in [-0.4, -0.2) is 30.8 Å². The van der Waals surface area contributed by atoms with Gasteiger partial charge in [-0.05, 0) is 55.2 Å². The Morgan fingerprint density at radius 1 is 1.20 bits per heavy atom. The number of hydrazone groups is 1. The number of hydrogen-bond acceptors (Lipinski definition) is 5. The van der Waals surface area contributed by atoms with E-state index in [2.05, 4.69) is 17.5 Å². The average molecular weight is 403 g/mol. The summed E-state index contributed by atoms with van der Waals surface area (Å²) >= 11 is 0. The number of rotatable bonds is 8. The number of amides is 1. The molecule has 4 rings (SSSR count). The van der Waals surface area contributed by atoms with Gasteiger partial charge in [-0.2, -0.15) is 5.10 Å². The molecule has 1 heterocycles. The first-order valence-corrected chi connectivity index (χ1v) is 10.2. The van der Waals surface area contributed by atoms with Gasteiger partial charge in [0, 0.05) is 17.0 Å². The zero-order chi connectivity index (χ0) is 20.9. The molecule has 1 fully saturated rings. The predicted octanol–water partition coefficient (Wildman–Crippen LogP) is 4.67. The Balaban J connectivity index is 1.51. The molecule has 1 amide bonds. The Morgan fingerprint density at radius 2 is 2.03 bits per heavy atom. The van der Waals surface area contributed by atoms with Crippen molar-refractivity contribution in [2.24, 2.45) is 5.10 Å². The second-order valence-electron chi connectivity index (χ2n) is 7.34. The van der Waals surface area contributed by atoms with Crippen LogP contribution in [-0.2, 0) is 0 Å². The van der Waals surface area contributed by atoms with Gasteiger partial charge in [0.25, 0.3) is 5.91 Å². The fourth-order valence-corrected chi connectivity index (χ4v) is 3.29. The van der Waals surface area contributed by atoms with Crippen molar-refractivity contribution >= 4 is 23.0 Å². The van der Waals surface area contributed by atoms with Gasteiger partial charge < -0.3 is 9.47 Å². The van der Waals surface area contributed by atoms with Gasteiger partial charge in [-0.1, -0.05) is 25.1 Å². The molecular weight excluding hydrogens is 378 g/mol. The van der Waals surface area contributed by atoms with E-state index in [1.807, 2.05) is 48.5 Å². The van der Waals surface area contributed by atoms with Crippen LogP contribution < -0.4 is 14.9 Å². The molecule has 1 aromatic heterocycles. The lowest BCUT2D eigenvalue weighted by Gasteiger charge is -2.10. The summed E-state index contributed by atoms with van der Waals surface area (Å²) in [6.45, 7) is 2.68. The van der Waals surface area contributed by atoms with Crippen molar-refractivity contribution in [3.05, 3.63) is 65.4 Å². The van der Waals surface area contributed by atoms with E-state index >= 15 is 0 Å². The lowest BCUT2D eigenvalue weighted by Crippen LogP contribution is -2.18. The Morgan fingerprint density at radius 3 is 2.80 bits per heavy atom. The van der Waals surface area contributed by atoms with Gasteiger partial charge in [-0.3, -0.25) is 9.78 Å². The van der Waals surface area contributed by atoms with Crippen LogP contribution in [0, 0.1) is 0 Å². The number of para-hydroxylation sites is 1. The lowest BCUT2D eigenvalue weighted by molar-refractivity contribution is 0.0956. The molecule has 0 atom stereocenters. The van der Waals surface area contributed by atoms with Crippen molar-refractivity contribution < 1.29 is 14.3 Å². The van der Waals surface area contributed by atoms with E-state index < -0.39 is 0 Å². The summed E-state index contributed by atoms with van der Waals surface area (Å²) in [6.07, 6.45) is 4.77. The lowest BCUT2D eigenvalue weighted by atomic mass is 10.1. The minimum atomic E-state index is -0.249. The molecular formula is C24H25N3O3. The normalized spacial score (nSPS) is 13.5. The maximum absolute atomic E-state index is 12.8. The molecule has 154 valence electrons. The third kappa shape index (κ3) is 4.43. The highest BCUT2D eigenvalue weighted by molar-refractivity contribution is 6.06. The summed E-state index contributed by atoms with van der Waals surface area (Å²) in [5, 5.41) is 4.97. The third-order valence-electron chi connectivity index (χ3n) is 5.01. The molecule has 0 radical (unpaired) electrons. The first kappa shape index (κ1) is 19.9. The number of fused-ring (bicyclic) bond motifs is 1. The molecule has 0 saturated heterocycles. The highest BCUT2D eigenvalue weighted by atomic mass is 16.5. The first-order chi connectivity index (χ1) is 14.7. The number of aromatic nitrogens is 1. The van der Waals surface area contributed by atoms with Crippen molar-refractivity contribution in [1.29, 1.82) is 0 Å². The molecule has 1 aliphatic rings. The standard InChI is InChI=1S/C24H25N3O3/c1-3-12-30-22-11-8-16(13-23(22)29-2)15-25-27-24(28)19-14-21(17-9-10-17)26-20-7-5-4-6-18(19)20/h4-8,11,13-15,17H,3,9-10,12H2,1-2H3,(H,27,28)/b25-15+. The topological polar surface area (TPSA) is 72.8 Å². The number of nitrogens with one attached hydrogen (secondary N) is 1. The molecule has 6 nitrogen and oxygen atoms in total. The van der Waals surface area contributed by atoms with Crippen molar-refractivity contribution in [2.75, 3.05) is 13.7 Å². The minimum absolute atomic E-state index is 0.249. The SMILES string of the molecule is CCCOc1ccc(/C=N/NC(=O)c2cc(C3CC3)nc3ccccc23)cc1OC. The molecule has 1 saturated carbocycles. The molecule has 1 N–H and O–H groups in total. The van der Waals surface area contributed by atoms with Crippen molar-refractivity contribution in [3.63, 3.8) is 0 Å². The van der Waals surface area contributed by atoms with Gasteiger partial charge in [0.1, 0.15) is 0 Å². The van der Waals surface area contributed by atoms with E-state index in [0.29, 0.717) is 29.6 Å². The number of hydrogen-bond donors (Lipinski definition) is 1. The van der Waals surface area contributed by atoms with Crippen molar-refractivity contribution in [2.45, 2.75) is 32.1 Å². The first-order valence-electron chi connectivity index (χ1n) is 10.2. The molecule has 1 aliphatic carbocycles. The predicted molar refractivity (Wildman–Crippen MR) is 118 cm³/mol. The molecule has 3 aromatic rings. The monoisotopic (exact) mass is 403 g/mol. The van der Waals surface area contributed by atoms with Gasteiger partial charge in [0.05, 0.1) is 31.0 Å². The van der Waals surface area contributed by atoms with Crippen LogP contribution in [0.1, 0.15) is 53.7 Å². The molecule has 0 bridgehead atoms. The van der Waals surface area contributed by atoms with Crippen molar-refractivity contribution in [1.82, 2.24) is 10.4 Å². The van der Waals surface area contributed by atoms with E-state index in [4.69, 9.17) is 14.5 Å². The van der Waals surface area contributed by atoms with Crippen LogP contribution in [0.15, 0.2) is 53.6 Å². The molecule has 0 aliphatic heterocycles. The van der Waals surface area contributed by atoms with Crippen LogP contribution in [0.25, 0.3) is 10.9 Å². The molecule has 2 aromatic carbocycles. The summed E-state index contributed by atoms with van der Waals surface area (Å²) in [6, 6.07) is 15.1. The van der Waals surface area contributed by atoms with Crippen LogP contribution in [0.2, 0.25) is 0 Å². The summed E-state index contributed by atoms with van der Waals surface area (Å²) in [5.74, 6) is 1.54. The second-order valence-corrected chi connectivity index (χ2v) is 7.34. The Kier molecular flexibility index (Phi) is 5.93. The summed E-state index contributed by atoms with van der Waals surface area (Å²) in [4.78, 5) is 17.6. The molecule has 0 spiro atoms. The Labute approximate surface area is 175 Å². The van der Waals surface area contributed by atoms with E-state index in [-0.39, 0.29) is 5.91 Å². The second kappa shape index (κ2) is 8.95. The maximum Gasteiger partial charge on any atom is 0.272 e. The van der Waals surface area contributed by atoms with Crippen LogP contribution in [0.3, 0.4) is 0 Å². The maximum atomic E-state index is 12.8.